The van der Waals surface area contributed by atoms with E-state index in [0.717, 1.165) is 19.1 Å². The first kappa shape index (κ1) is 17.5. The first-order valence-corrected chi connectivity index (χ1v) is 10.2. The second-order valence-corrected chi connectivity index (χ2v) is 8.11. The Morgan fingerprint density at radius 2 is 1.96 bits per heavy atom. The summed E-state index contributed by atoms with van der Waals surface area (Å²) in [5.41, 5.74) is 0.737. The number of rotatable bonds is 5. The van der Waals surface area contributed by atoms with Crippen LogP contribution in [0, 0.1) is 0 Å². The number of nitrogens with zero attached hydrogens (tertiary/aromatic N) is 2. The van der Waals surface area contributed by atoms with Crippen LogP contribution in [0.1, 0.15) is 48.5 Å². The van der Waals surface area contributed by atoms with E-state index in [0.29, 0.717) is 23.1 Å². The number of sulfonamides is 1. The summed E-state index contributed by atoms with van der Waals surface area (Å²) in [4.78, 5) is 12.5. The van der Waals surface area contributed by atoms with Gasteiger partial charge in [-0.1, -0.05) is 25.3 Å². The molecule has 25 heavy (non-hydrogen) atoms. The lowest BCUT2D eigenvalue weighted by atomic mass is 9.96. The van der Waals surface area contributed by atoms with Gasteiger partial charge >= 0.3 is 0 Å². The van der Waals surface area contributed by atoms with Crippen LogP contribution in [0.2, 0.25) is 0 Å². The molecule has 0 atom stereocenters. The standard InChI is InChI=1S/C17H22N4O3S/c1-25(23,24)20-14-7-5-6-13(12-14)17(22)19-16-10-11-18-21(16)15-8-3-2-4-9-15/h5-7,10-12,15,20H,2-4,8-9H2,1H3,(H,19,22). The minimum absolute atomic E-state index is 0.297. The van der Waals surface area contributed by atoms with Crippen LogP contribution in [-0.2, 0) is 10.0 Å². The van der Waals surface area contributed by atoms with E-state index in [1.165, 1.54) is 25.3 Å². The Labute approximate surface area is 147 Å². The summed E-state index contributed by atoms with van der Waals surface area (Å²) in [5.74, 6) is 0.369. The van der Waals surface area contributed by atoms with E-state index in [4.69, 9.17) is 0 Å². The van der Waals surface area contributed by atoms with Crippen molar-refractivity contribution in [3.05, 3.63) is 42.1 Å². The first-order chi connectivity index (χ1) is 11.9. The molecule has 2 aromatic rings. The number of aromatic nitrogens is 2. The largest absolute Gasteiger partial charge is 0.307 e. The molecule has 1 aromatic carbocycles. The van der Waals surface area contributed by atoms with Crippen LogP contribution in [0.3, 0.4) is 0 Å². The predicted octanol–water partition coefficient (Wildman–Crippen LogP) is 3.01. The first-order valence-electron chi connectivity index (χ1n) is 8.35. The highest BCUT2D eigenvalue weighted by atomic mass is 32.2. The molecule has 1 aromatic heterocycles. The van der Waals surface area contributed by atoms with Crippen LogP contribution in [0.25, 0.3) is 0 Å². The summed E-state index contributed by atoms with van der Waals surface area (Å²) in [7, 11) is -3.39. The van der Waals surface area contributed by atoms with Gasteiger partial charge in [0, 0.05) is 17.3 Å². The quantitative estimate of drug-likeness (QED) is 0.855. The molecule has 1 saturated carbocycles. The van der Waals surface area contributed by atoms with Gasteiger partial charge in [0.1, 0.15) is 5.82 Å². The minimum Gasteiger partial charge on any atom is -0.307 e. The molecule has 3 rings (SSSR count). The van der Waals surface area contributed by atoms with E-state index in [1.807, 2.05) is 4.68 Å². The highest BCUT2D eigenvalue weighted by Gasteiger charge is 2.19. The molecule has 2 N–H and O–H groups in total. The Kier molecular flexibility index (Phi) is 5.08. The maximum absolute atomic E-state index is 12.5. The molecule has 0 spiro atoms. The lowest BCUT2D eigenvalue weighted by Gasteiger charge is -2.23. The molecule has 1 amide bonds. The molecular weight excluding hydrogens is 340 g/mol. The van der Waals surface area contributed by atoms with Crippen molar-refractivity contribution < 1.29 is 13.2 Å². The zero-order valence-corrected chi connectivity index (χ0v) is 14.9. The fourth-order valence-corrected chi connectivity index (χ4v) is 3.71. The van der Waals surface area contributed by atoms with Crippen LogP contribution in [0.5, 0.6) is 0 Å². The van der Waals surface area contributed by atoms with Crippen LogP contribution in [0.4, 0.5) is 11.5 Å². The molecule has 0 bridgehead atoms. The van der Waals surface area contributed by atoms with Gasteiger partial charge in [0.05, 0.1) is 18.5 Å². The number of nitrogens with one attached hydrogen (secondary N) is 2. The Morgan fingerprint density at radius 1 is 1.20 bits per heavy atom. The second kappa shape index (κ2) is 7.26. The molecule has 0 saturated heterocycles. The van der Waals surface area contributed by atoms with E-state index in [-0.39, 0.29) is 5.91 Å². The zero-order valence-electron chi connectivity index (χ0n) is 14.1. The predicted molar refractivity (Wildman–Crippen MR) is 97.2 cm³/mol. The number of hydrogen-bond donors (Lipinski definition) is 2. The van der Waals surface area contributed by atoms with Gasteiger partial charge in [0.25, 0.3) is 5.91 Å². The van der Waals surface area contributed by atoms with Gasteiger partial charge in [-0.2, -0.15) is 5.10 Å². The van der Waals surface area contributed by atoms with Crippen molar-refractivity contribution in [2.24, 2.45) is 0 Å². The van der Waals surface area contributed by atoms with Crippen LogP contribution in [-0.4, -0.2) is 30.4 Å². The summed E-state index contributed by atoms with van der Waals surface area (Å²) < 4.78 is 26.9. The fourth-order valence-electron chi connectivity index (χ4n) is 3.16. The maximum Gasteiger partial charge on any atom is 0.256 e. The Balaban J connectivity index is 1.75. The van der Waals surface area contributed by atoms with Gasteiger partial charge in [-0.25, -0.2) is 13.1 Å². The number of hydrogen-bond acceptors (Lipinski definition) is 4. The van der Waals surface area contributed by atoms with Gasteiger partial charge in [0.15, 0.2) is 0 Å². The normalized spacial score (nSPS) is 15.7. The molecule has 0 unspecified atom stereocenters. The molecule has 1 aliphatic carbocycles. The summed E-state index contributed by atoms with van der Waals surface area (Å²) in [5, 5.41) is 7.24. The van der Waals surface area contributed by atoms with Crippen molar-refractivity contribution in [3.8, 4) is 0 Å². The molecule has 7 nitrogen and oxygen atoms in total. The average Bonchev–Trinajstić information content (AvgIpc) is 3.02. The SMILES string of the molecule is CS(=O)(=O)Nc1cccc(C(=O)Nc2ccnn2C2CCCCC2)c1. The van der Waals surface area contributed by atoms with E-state index < -0.39 is 10.0 Å². The maximum atomic E-state index is 12.5. The molecule has 8 heteroatoms. The smallest absolute Gasteiger partial charge is 0.256 e. The lowest BCUT2D eigenvalue weighted by molar-refractivity contribution is 0.102. The van der Waals surface area contributed by atoms with E-state index >= 15 is 0 Å². The monoisotopic (exact) mass is 362 g/mol. The third kappa shape index (κ3) is 4.60. The molecule has 1 aliphatic rings. The van der Waals surface area contributed by atoms with Crippen molar-refractivity contribution in [1.29, 1.82) is 0 Å². The van der Waals surface area contributed by atoms with Gasteiger partial charge in [-0.15, -0.1) is 0 Å². The van der Waals surface area contributed by atoms with Crippen molar-refractivity contribution >= 4 is 27.4 Å². The molecule has 0 aliphatic heterocycles. The molecule has 134 valence electrons. The second-order valence-electron chi connectivity index (χ2n) is 6.36. The van der Waals surface area contributed by atoms with Crippen LogP contribution < -0.4 is 10.0 Å². The third-order valence-electron chi connectivity index (χ3n) is 4.26. The topological polar surface area (TPSA) is 93.1 Å². The lowest BCUT2D eigenvalue weighted by Crippen LogP contribution is -2.20. The summed E-state index contributed by atoms with van der Waals surface area (Å²) in [6.45, 7) is 0. The van der Waals surface area contributed by atoms with E-state index in [2.05, 4.69) is 15.1 Å². The Hall–Kier alpha value is -2.35. The third-order valence-corrected chi connectivity index (χ3v) is 4.87. The molecule has 0 radical (unpaired) electrons. The number of anilines is 2. The minimum atomic E-state index is -3.39. The fraction of sp³-hybridized carbons (Fsp3) is 0.412. The van der Waals surface area contributed by atoms with Crippen molar-refractivity contribution in [1.82, 2.24) is 9.78 Å². The number of benzene rings is 1. The van der Waals surface area contributed by atoms with Gasteiger partial charge in [0.2, 0.25) is 10.0 Å². The molecular formula is C17H22N4O3S. The highest BCUT2D eigenvalue weighted by Crippen LogP contribution is 2.30. The average molecular weight is 362 g/mol. The highest BCUT2D eigenvalue weighted by molar-refractivity contribution is 7.92. The van der Waals surface area contributed by atoms with E-state index in [9.17, 15) is 13.2 Å². The molecule has 1 fully saturated rings. The van der Waals surface area contributed by atoms with E-state index in [1.54, 1.807) is 30.5 Å². The number of carbonyl (C=O) groups is 1. The summed E-state index contributed by atoms with van der Waals surface area (Å²) >= 11 is 0. The van der Waals surface area contributed by atoms with Crippen molar-refractivity contribution in [2.75, 3.05) is 16.3 Å². The zero-order chi connectivity index (χ0) is 17.9. The molecule has 1 heterocycles. The summed E-state index contributed by atoms with van der Waals surface area (Å²) in [6.07, 6.45) is 8.50. The summed E-state index contributed by atoms with van der Waals surface area (Å²) in [6, 6.07) is 8.50. The van der Waals surface area contributed by atoms with Gasteiger partial charge < -0.3 is 5.32 Å². The van der Waals surface area contributed by atoms with Crippen LogP contribution >= 0.6 is 0 Å². The van der Waals surface area contributed by atoms with Gasteiger partial charge in [-0.3, -0.25) is 9.52 Å². The van der Waals surface area contributed by atoms with Crippen molar-refractivity contribution in [2.45, 2.75) is 38.1 Å². The Morgan fingerprint density at radius 3 is 2.68 bits per heavy atom. The van der Waals surface area contributed by atoms with Crippen LogP contribution in [0.15, 0.2) is 36.5 Å². The number of amides is 1. The van der Waals surface area contributed by atoms with Crippen molar-refractivity contribution in [3.63, 3.8) is 0 Å². The van der Waals surface area contributed by atoms with Gasteiger partial charge in [-0.05, 0) is 31.0 Å². The number of carbonyl (C=O) groups excluding carboxylic acids is 1. The Bertz CT molecular complexity index is 854.